The number of hydrogen-bond donors (Lipinski definition) is 2. The van der Waals surface area contributed by atoms with E-state index in [1.54, 1.807) is 7.05 Å². The fraction of sp³-hybridized carbons (Fsp3) is 0.400. The van der Waals surface area contributed by atoms with Gasteiger partial charge in [0, 0.05) is 51.2 Å². The van der Waals surface area contributed by atoms with Crippen molar-refractivity contribution in [1.29, 1.82) is 0 Å². The first-order valence-electron chi connectivity index (χ1n) is 9.44. The standard InChI is InChI=1S/C20H27N7S/c1-15-13-16(2)23-18(22-15)24-19(25-20(28)21-3)27-11-9-26(10-12-27)14-17-7-5-4-6-8-17/h4-8,13H,9-12,14H2,1-3H3,(H2,21,22,23,24,25,28). The molecule has 7 nitrogen and oxygen atoms in total. The van der Waals surface area contributed by atoms with Crippen molar-refractivity contribution in [2.24, 2.45) is 4.99 Å². The average molecular weight is 398 g/mol. The highest BCUT2D eigenvalue weighted by atomic mass is 32.1. The van der Waals surface area contributed by atoms with Gasteiger partial charge in [-0.15, -0.1) is 0 Å². The molecular formula is C20H27N7S. The lowest BCUT2D eigenvalue weighted by Crippen LogP contribution is -2.50. The van der Waals surface area contributed by atoms with Crippen LogP contribution in [0.3, 0.4) is 0 Å². The third-order valence-electron chi connectivity index (χ3n) is 4.55. The highest BCUT2D eigenvalue weighted by Crippen LogP contribution is 2.11. The van der Waals surface area contributed by atoms with Gasteiger partial charge >= 0.3 is 0 Å². The molecule has 0 atom stereocenters. The van der Waals surface area contributed by atoms with Crippen molar-refractivity contribution in [3.63, 3.8) is 0 Å². The number of benzene rings is 1. The van der Waals surface area contributed by atoms with E-state index in [0.29, 0.717) is 17.0 Å². The smallest absolute Gasteiger partial charge is 0.229 e. The summed E-state index contributed by atoms with van der Waals surface area (Å²) in [6, 6.07) is 12.5. The van der Waals surface area contributed by atoms with Crippen LogP contribution in [0.4, 0.5) is 5.95 Å². The van der Waals surface area contributed by atoms with Crippen LogP contribution < -0.4 is 10.6 Å². The van der Waals surface area contributed by atoms with Crippen LogP contribution in [0.15, 0.2) is 41.4 Å². The molecule has 8 heteroatoms. The number of aliphatic imine (C=N–C) groups is 1. The maximum absolute atomic E-state index is 5.26. The molecule has 2 heterocycles. The van der Waals surface area contributed by atoms with Gasteiger partial charge in [0.2, 0.25) is 11.9 Å². The molecule has 2 N–H and O–H groups in total. The summed E-state index contributed by atoms with van der Waals surface area (Å²) in [6.45, 7) is 8.50. The van der Waals surface area contributed by atoms with Crippen molar-refractivity contribution >= 4 is 29.2 Å². The Morgan fingerprint density at radius 3 is 2.32 bits per heavy atom. The summed E-state index contributed by atoms with van der Waals surface area (Å²) < 4.78 is 0. The summed E-state index contributed by atoms with van der Waals surface area (Å²) in [7, 11) is 1.77. The monoisotopic (exact) mass is 397 g/mol. The van der Waals surface area contributed by atoms with Gasteiger partial charge in [0.05, 0.1) is 0 Å². The number of aromatic nitrogens is 2. The third kappa shape index (κ3) is 5.71. The number of thiocarbonyl (C=S) groups is 1. The molecule has 1 aliphatic heterocycles. The Balaban J connectivity index is 1.68. The average Bonchev–Trinajstić information content (AvgIpc) is 2.68. The maximum atomic E-state index is 5.26. The van der Waals surface area contributed by atoms with Gasteiger partial charge < -0.3 is 10.2 Å². The molecule has 0 unspecified atom stereocenters. The summed E-state index contributed by atoms with van der Waals surface area (Å²) in [4.78, 5) is 18.1. The first kappa shape index (κ1) is 20.2. The molecule has 0 spiro atoms. The Bertz CT molecular complexity index is 809. The van der Waals surface area contributed by atoms with E-state index in [0.717, 1.165) is 44.1 Å². The van der Waals surface area contributed by atoms with Gasteiger partial charge in [-0.3, -0.25) is 10.2 Å². The number of aryl methyl sites for hydroxylation is 2. The number of piperazine rings is 1. The lowest BCUT2D eigenvalue weighted by Gasteiger charge is -2.36. The molecule has 0 amide bonds. The van der Waals surface area contributed by atoms with Crippen LogP contribution in [0, 0.1) is 13.8 Å². The molecule has 1 aromatic carbocycles. The fourth-order valence-corrected chi connectivity index (χ4v) is 3.26. The number of nitrogens with zero attached hydrogens (tertiary/aromatic N) is 5. The summed E-state index contributed by atoms with van der Waals surface area (Å²) in [5.74, 6) is 1.23. The minimum atomic E-state index is 0.429. The Hall–Kier alpha value is -2.58. The van der Waals surface area contributed by atoms with Crippen LogP contribution in [0.1, 0.15) is 17.0 Å². The van der Waals surface area contributed by atoms with E-state index in [9.17, 15) is 0 Å². The van der Waals surface area contributed by atoms with E-state index in [1.807, 2.05) is 19.9 Å². The van der Waals surface area contributed by atoms with Crippen molar-refractivity contribution in [2.75, 3.05) is 38.5 Å². The Kier molecular flexibility index (Phi) is 6.89. The van der Waals surface area contributed by atoms with Gasteiger partial charge in [-0.05, 0) is 37.7 Å². The van der Waals surface area contributed by atoms with Crippen LogP contribution in [-0.2, 0) is 6.54 Å². The van der Waals surface area contributed by atoms with Crippen LogP contribution >= 0.6 is 12.2 Å². The van der Waals surface area contributed by atoms with E-state index in [-0.39, 0.29) is 0 Å². The first-order chi connectivity index (χ1) is 13.5. The van der Waals surface area contributed by atoms with Gasteiger partial charge in [-0.25, -0.2) is 9.97 Å². The third-order valence-corrected chi connectivity index (χ3v) is 4.84. The van der Waals surface area contributed by atoms with Crippen LogP contribution in [0.2, 0.25) is 0 Å². The lowest BCUT2D eigenvalue weighted by molar-refractivity contribution is 0.175. The van der Waals surface area contributed by atoms with Gasteiger partial charge in [-0.1, -0.05) is 30.3 Å². The van der Waals surface area contributed by atoms with Gasteiger partial charge in [-0.2, -0.15) is 4.99 Å². The second-order valence-electron chi connectivity index (χ2n) is 6.84. The zero-order chi connectivity index (χ0) is 19.9. The number of nitrogens with one attached hydrogen (secondary N) is 2. The van der Waals surface area contributed by atoms with E-state index < -0.39 is 0 Å². The summed E-state index contributed by atoms with van der Waals surface area (Å²) in [5, 5.41) is 6.61. The quantitative estimate of drug-likeness (QED) is 0.467. The zero-order valence-corrected chi connectivity index (χ0v) is 17.5. The maximum Gasteiger partial charge on any atom is 0.229 e. The largest absolute Gasteiger partial charge is 0.364 e. The number of anilines is 1. The molecular weight excluding hydrogens is 370 g/mol. The molecule has 0 saturated carbocycles. The number of rotatable bonds is 3. The van der Waals surface area contributed by atoms with Crippen molar-refractivity contribution in [1.82, 2.24) is 25.1 Å². The van der Waals surface area contributed by atoms with Crippen molar-refractivity contribution in [2.45, 2.75) is 20.4 Å². The molecule has 1 saturated heterocycles. The molecule has 2 aromatic rings. The van der Waals surface area contributed by atoms with E-state index in [1.165, 1.54) is 5.56 Å². The van der Waals surface area contributed by atoms with E-state index in [4.69, 9.17) is 12.2 Å². The van der Waals surface area contributed by atoms with Gasteiger partial charge in [0.1, 0.15) is 0 Å². The van der Waals surface area contributed by atoms with Gasteiger partial charge in [0.25, 0.3) is 0 Å². The van der Waals surface area contributed by atoms with Crippen molar-refractivity contribution in [3.05, 3.63) is 53.3 Å². The van der Waals surface area contributed by atoms with E-state index in [2.05, 4.69) is 65.7 Å². The van der Waals surface area contributed by atoms with Crippen LogP contribution in [-0.4, -0.2) is 64.1 Å². The highest BCUT2D eigenvalue weighted by Gasteiger charge is 2.21. The van der Waals surface area contributed by atoms with Crippen molar-refractivity contribution in [3.8, 4) is 0 Å². The predicted octanol–water partition coefficient (Wildman–Crippen LogP) is 2.18. The van der Waals surface area contributed by atoms with Crippen molar-refractivity contribution < 1.29 is 0 Å². The van der Waals surface area contributed by atoms with Crippen LogP contribution in [0.5, 0.6) is 0 Å². The Morgan fingerprint density at radius 1 is 1.07 bits per heavy atom. The Morgan fingerprint density at radius 2 is 1.71 bits per heavy atom. The second-order valence-corrected chi connectivity index (χ2v) is 7.23. The number of guanidine groups is 1. The lowest BCUT2D eigenvalue weighted by atomic mass is 10.2. The molecule has 1 aliphatic rings. The topological polar surface area (TPSA) is 68.7 Å². The minimum Gasteiger partial charge on any atom is -0.364 e. The van der Waals surface area contributed by atoms with E-state index >= 15 is 0 Å². The molecule has 0 bridgehead atoms. The number of hydrogen-bond acceptors (Lipinski definition) is 4. The zero-order valence-electron chi connectivity index (χ0n) is 16.6. The molecule has 28 heavy (non-hydrogen) atoms. The fourth-order valence-electron chi connectivity index (χ4n) is 3.17. The molecule has 0 aliphatic carbocycles. The van der Waals surface area contributed by atoms with Crippen LogP contribution in [0.25, 0.3) is 0 Å². The molecule has 0 radical (unpaired) electrons. The highest BCUT2D eigenvalue weighted by molar-refractivity contribution is 7.80. The molecule has 148 valence electrons. The SMILES string of the molecule is CNC(=S)/N=C(/Nc1nc(C)cc(C)n1)N1CCN(Cc2ccccc2)CC1. The van der Waals surface area contributed by atoms with Gasteiger partial charge in [0.15, 0.2) is 5.11 Å². The molecule has 1 fully saturated rings. The Labute approximate surface area is 171 Å². The normalized spacial score (nSPS) is 15.4. The first-order valence-corrected chi connectivity index (χ1v) is 9.85. The molecule has 3 rings (SSSR count). The second kappa shape index (κ2) is 9.57. The molecule has 1 aromatic heterocycles. The summed E-state index contributed by atoms with van der Waals surface area (Å²) in [6.07, 6.45) is 0. The summed E-state index contributed by atoms with van der Waals surface area (Å²) in [5.41, 5.74) is 3.17. The predicted molar refractivity (Wildman–Crippen MR) is 118 cm³/mol. The summed E-state index contributed by atoms with van der Waals surface area (Å²) >= 11 is 5.26. The minimum absolute atomic E-state index is 0.429.